The predicted octanol–water partition coefficient (Wildman–Crippen LogP) is 3.94. The smallest absolute Gasteiger partial charge is 0.230 e. The van der Waals surface area contributed by atoms with E-state index in [0.717, 1.165) is 74.0 Å². The standard InChI is InChI=1S/C23H25ClN4O2/c24-19-8-6-18(7-9-19)23(10-11-23)22(29)25-13-16-3-2-12-28(14-16)15-17-4-1-5-20-21(17)27-30-26-20/h1,4-9,16H,2-3,10-15H2,(H,25,29)/t16-/m0/s1. The fourth-order valence-electron chi connectivity index (χ4n) is 4.64. The van der Waals surface area contributed by atoms with E-state index in [1.807, 2.05) is 36.4 Å². The SMILES string of the molecule is O=C(NC[C@@H]1CCCN(Cc2cccc3nonc23)C1)C1(c2ccc(Cl)cc2)CC1. The summed E-state index contributed by atoms with van der Waals surface area (Å²) in [5.74, 6) is 0.610. The Bertz CT molecular complexity index is 1040. The van der Waals surface area contributed by atoms with Gasteiger partial charge in [-0.05, 0) is 77.8 Å². The minimum absolute atomic E-state index is 0.153. The van der Waals surface area contributed by atoms with E-state index in [1.54, 1.807) is 0 Å². The highest BCUT2D eigenvalue weighted by Gasteiger charge is 2.51. The second-order valence-corrected chi connectivity index (χ2v) is 9.03. The van der Waals surface area contributed by atoms with E-state index in [1.165, 1.54) is 0 Å². The molecule has 3 aromatic rings. The Morgan fingerprint density at radius 2 is 2.03 bits per heavy atom. The lowest BCUT2D eigenvalue weighted by Crippen LogP contribution is -2.43. The van der Waals surface area contributed by atoms with Gasteiger partial charge in [0.15, 0.2) is 0 Å². The lowest BCUT2D eigenvalue weighted by Gasteiger charge is -2.33. The van der Waals surface area contributed by atoms with Crippen molar-refractivity contribution < 1.29 is 9.42 Å². The van der Waals surface area contributed by atoms with Gasteiger partial charge in [0.1, 0.15) is 11.0 Å². The summed E-state index contributed by atoms with van der Waals surface area (Å²) in [5.41, 5.74) is 3.49. The van der Waals surface area contributed by atoms with Crippen LogP contribution >= 0.6 is 11.6 Å². The number of hydrogen-bond acceptors (Lipinski definition) is 5. The van der Waals surface area contributed by atoms with Gasteiger partial charge in [-0.2, -0.15) is 0 Å². The second kappa shape index (κ2) is 8.00. The molecule has 2 fully saturated rings. The number of fused-ring (bicyclic) bond motifs is 1. The molecule has 2 aliphatic rings. The third-order valence-corrected chi connectivity index (χ3v) is 6.75. The van der Waals surface area contributed by atoms with Gasteiger partial charge < -0.3 is 5.32 Å². The molecule has 1 aliphatic carbocycles. The van der Waals surface area contributed by atoms with Crippen molar-refractivity contribution in [1.82, 2.24) is 20.5 Å². The third kappa shape index (κ3) is 3.82. The first-order valence-electron chi connectivity index (χ1n) is 10.6. The van der Waals surface area contributed by atoms with Crippen LogP contribution in [0.4, 0.5) is 0 Å². The molecule has 7 heteroatoms. The predicted molar refractivity (Wildman–Crippen MR) is 115 cm³/mol. The zero-order valence-electron chi connectivity index (χ0n) is 16.8. The summed E-state index contributed by atoms with van der Waals surface area (Å²) in [7, 11) is 0. The minimum Gasteiger partial charge on any atom is -0.355 e. The van der Waals surface area contributed by atoms with Crippen LogP contribution in [0.2, 0.25) is 5.02 Å². The maximum atomic E-state index is 13.0. The quantitative estimate of drug-likeness (QED) is 0.649. The molecule has 1 atom stereocenters. The fourth-order valence-corrected chi connectivity index (χ4v) is 4.77. The van der Waals surface area contributed by atoms with E-state index in [-0.39, 0.29) is 11.3 Å². The maximum Gasteiger partial charge on any atom is 0.230 e. The Hall–Kier alpha value is -2.44. The van der Waals surface area contributed by atoms with Crippen LogP contribution in [0.3, 0.4) is 0 Å². The summed E-state index contributed by atoms with van der Waals surface area (Å²) in [6, 6.07) is 13.7. The molecule has 156 valence electrons. The van der Waals surface area contributed by atoms with Gasteiger partial charge in [-0.25, -0.2) is 4.63 Å². The lowest BCUT2D eigenvalue weighted by molar-refractivity contribution is -0.123. The van der Waals surface area contributed by atoms with Crippen LogP contribution in [0.1, 0.15) is 36.8 Å². The molecule has 2 aromatic carbocycles. The average Bonchev–Trinajstić information content (AvgIpc) is 3.43. The number of rotatable bonds is 6. The number of carbonyl (C=O) groups is 1. The lowest BCUT2D eigenvalue weighted by atomic mass is 9.93. The van der Waals surface area contributed by atoms with E-state index in [9.17, 15) is 4.79 Å². The molecule has 2 heterocycles. The summed E-state index contributed by atoms with van der Waals surface area (Å²) in [6.45, 7) is 3.57. The molecule has 0 bridgehead atoms. The van der Waals surface area contributed by atoms with E-state index >= 15 is 0 Å². The highest BCUT2D eigenvalue weighted by Crippen LogP contribution is 2.48. The normalized spacial score (nSPS) is 20.9. The molecule has 1 aliphatic heterocycles. The van der Waals surface area contributed by atoms with Crippen molar-refractivity contribution in [2.24, 2.45) is 5.92 Å². The first-order chi connectivity index (χ1) is 14.6. The van der Waals surface area contributed by atoms with Crippen LogP contribution in [0, 0.1) is 5.92 Å². The molecule has 30 heavy (non-hydrogen) atoms. The number of nitrogens with one attached hydrogen (secondary N) is 1. The zero-order chi connectivity index (χ0) is 20.6. The van der Waals surface area contributed by atoms with Crippen molar-refractivity contribution in [2.75, 3.05) is 19.6 Å². The van der Waals surface area contributed by atoms with Crippen molar-refractivity contribution in [2.45, 2.75) is 37.6 Å². The number of benzene rings is 2. The second-order valence-electron chi connectivity index (χ2n) is 8.59. The van der Waals surface area contributed by atoms with Crippen LogP contribution in [0.25, 0.3) is 11.0 Å². The molecular weight excluding hydrogens is 400 g/mol. The molecule has 0 spiro atoms. The number of carbonyl (C=O) groups excluding carboxylic acids is 1. The molecule has 0 radical (unpaired) electrons. The summed E-state index contributed by atoms with van der Waals surface area (Å²) < 4.78 is 4.89. The van der Waals surface area contributed by atoms with Gasteiger partial charge in [0.05, 0.1) is 5.41 Å². The van der Waals surface area contributed by atoms with Crippen molar-refractivity contribution in [1.29, 1.82) is 0 Å². The molecule has 6 nitrogen and oxygen atoms in total. The zero-order valence-corrected chi connectivity index (χ0v) is 17.6. The Balaban J connectivity index is 1.18. The maximum absolute atomic E-state index is 13.0. The van der Waals surface area contributed by atoms with E-state index in [0.29, 0.717) is 10.9 Å². The van der Waals surface area contributed by atoms with E-state index in [4.69, 9.17) is 16.2 Å². The van der Waals surface area contributed by atoms with Crippen LogP contribution in [0.5, 0.6) is 0 Å². The summed E-state index contributed by atoms with van der Waals surface area (Å²) in [4.78, 5) is 15.4. The van der Waals surface area contributed by atoms with Gasteiger partial charge in [0.2, 0.25) is 5.91 Å². The monoisotopic (exact) mass is 424 g/mol. The number of hydrogen-bond donors (Lipinski definition) is 1. The summed E-state index contributed by atoms with van der Waals surface area (Å²) in [5, 5.41) is 11.9. The third-order valence-electron chi connectivity index (χ3n) is 6.50. The Morgan fingerprint density at radius 3 is 2.83 bits per heavy atom. The molecule has 5 rings (SSSR count). The van der Waals surface area contributed by atoms with Gasteiger partial charge >= 0.3 is 0 Å². The molecule has 1 amide bonds. The largest absolute Gasteiger partial charge is 0.355 e. The number of halogens is 1. The van der Waals surface area contributed by atoms with Crippen molar-refractivity contribution in [3.05, 3.63) is 58.6 Å². The first kappa shape index (κ1) is 19.5. The highest BCUT2D eigenvalue weighted by molar-refractivity contribution is 6.30. The molecule has 1 saturated carbocycles. The summed E-state index contributed by atoms with van der Waals surface area (Å²) in [6.07, 6.45) is 4.09. The Morgan fingerprint density at radius 1 is 1.20 bits per heavy atom. The number of piperidine rings is 1. The Kier molecular flexibility index (Phi) is 5.21. The van der Waals surface area contributed by atoms with Crippen molar-refractivity contribution in [3.63, 3.8) is 0 Å². The number of aromatic nitrogens is 2. The molecular formula is C23H25ClN4O2. The fraction of sp³-hybridized carbons (Fsp3) is 0.435. The molecule has 1 aromatic heterocycles. The Labute approximate surface area is 180 Å². The summed E-state index contributed by atoms with van der Waals surface area (Å²) >= 11 is 6.00. The van der Waals surface area contributed by atoms with Gasteiger partial charge in [-0.3, -0.25) is 9.69 Å². The minimum atomic E-state index is -0.353. The first-order valence-corrected chi connectivity index (χ1v) is 11.0. The average molecular weight is 425 g/mol. The van der Waals surface area contributed by atoms with Crippen LogP contribution < -0.4 is 5.32 Å². The molecule has 1 N–H and O–H groups in total. The molecule has 1 saturated heterocycles. The number of likely N-dealkylation sites (tertiary alicyclic amines) is 1. The topological polar surface area (TPSA) is 71.3 Å². The van der Waals surface area contributed by atoms with Crippen LogP contribution in [-0.4, -0.2) is 40.8 Å². The van der Waals surface area contributed by atoms with Crippen molar-refractivity contribution >= 4 is 28.5 Å². The number of nitrogens with zero attached hydrogens (tertiary/aromatic N) is 3. The van der Waals surface area contributed by atoms with Crippen LogP contribution in [0.15, 0.2) is 47.1 Å². The van der Waals surface area contributed by atoms with Crippen LogP contribution in [-0.2, 0) is 16.8 Å². The molecule has 0 unspecified atom stereocenters. The van der Waals surface area contributed by atoms with Gasteiger partial charge in [0.25, 0.3) is 0 Å². The van der Waals surface area contributed by atoms with E-state index < -0.39 is 0 Å². The highest BCUT2D eigenvalue weighted by atomic mass is 35.5. The van der Waals surface area contributed by atoms with Crippen molar-refractivity contribution in [3.8, 4) is 0 Å². The van der Waals surface area contributed by atoms with Gasteiger partial charge in [-0.1, -0.05) is 35.9 Å². The van der Waals surface area contributed by atoms with Gasteiger partial charge in [-0.15, -0.1) is 0 Å². The van der Waals surface area contributed by atoms with Gasteiger partial charge in [0, 0.05) is 24.7 Å². The van der Waals surface area contributed by atoms with E-state index in [2.05, 4.69) is 26.6 Å². The number of amides is 1.